The Kier molecular flexibility index (Phi) is 3.69. The van der Waals surface area contributed by atoms with Gasteiger partial charge < -0.3 is 13.9 Å². The fraction of sp³-hybridized carbons (Fsp3) is 0.100. The Balaban J connectivity index is 1.97. The van der Waals surface area contributed by atoms with Crippen LogP contribution < -0.4 is 9.47 Å². The molecule has 24 heavy (non-hydrogen) atoms. The van der Waals surface area contributed by atoms with E-state index in [1.54, 1.807) is 14.2 Å². The summed E-state index contributed by atoms with van der Waals surface area (Å²) in [6.45, 7) is 0. The van der Waals surface area contributed by atoms with Crippen LogP contribution in [-0.2, 0) is 0 Å². The molecule has 0 atom stereocenters. The molecule has 3 nitrogen and oxygen atoms in total. The van der Waals surface area contributed by atoms with E-state index in [0.29, 0.717) is 11.5 Å². The zero-order valence-electron chi connectivity index (χ0n) is 13.3. The predicted octanol–water partition coefficient (Wildman–Crippen LogP) is 6.03. The zero-order valence-corrected chi connectivity index (χ0v) is 14.9. The van der Waals surface area contributed by atoms with Crippen molar-refractivity contribution < 1.29 is 13.9 Å². The van der Waals surface area contributed by atoms with Gasteiger partial charge in [-0.2, -0.15) is 0 Å². The summed E-state index contributed by atoms with van der Waals surface area (Å²) in [7, 11) is 3.25. The largest absolute Gasteiger partial charge is 0.493 e. The Morgan fingerprint density at radius 1 is 0.833 bits per heavy atom. The van der Waals surface area contributed by atoms with E-state index in [2.05, 4.69) is 40.2 Å². The van der Waals surface area contributed by atoms with Crippen molar-refractivity contribution in [3.05, 3.63) is 59.1 Å². The van der Waals surface area contributed by atoms with Crippen molar-refractivity contribution in [2.75, 3.05) is 14.2 Å². The van der Waals surface area contributed by atoms with E-state index in [-0.39, 0.29) is 0 Å². The van der Waals surface area contributed by atoms with Crippen LogP contribution in [0.25, 0.3) is 33.1 Å². The number of methoxy groups -OCH3 is 2. The molecule has 1 aromatic heterocycles. The van der Waals surface area contributed by atoms with Crippen molar-refractivity contribution in [2.45, 2.75) is 0 Å². The molecule has 0 bridgehead atoms. The predicted molar refractivity (Wildman–Crippen MR) is 100.0 cm³/mol. The number of hydrogen-bond acceptors (Lipinski definition) is 3. The molecule has 4 aromatic rings. The van der Waals surface area contributed by atoms with Crippen molar-refractivity contribution in [1.82, 2.24) is 0 Å². The van der Waals surface area contributed by atoms with E-state index in [4.69, 9.17) is 13.9 Å². The first kappa shape index (κ1) is 15.1. The van der Waals surface area contributed by atoms with Gasteiger partial charge >= 0.3 is 0 Å². The first-order chi connectivity index (χ1) is 11.7. The average molecular weight is 383 g/mol. The molecule has 0 aliphatic carbocycles. The first-order valence-corrected chi connectivity index (χ1v) is 8.34. The van der Waals surface area contributed by atoms with Crippen LogP contribution >= 0.6 is 15.9 Å². The lowest BCUT2D eigenvalue weighted by molar-refractivity contribution is 0.355. The van der Waals surface area contributed by atoms with Crippen LogP contribution in [0.4, 0.5) is 0 Å². The first-order valence-electron chi connectivity index (χ1n) is 7.55. The van der Waals surface area contributed by atoms with Gasteiger partial charge in [0.25, 0.3) is 0 Å². The minimum absolute atomic E-state index is 0.673. The monoisotopic (exact) mass is 382 g/mol. The molecular formula is C20H15BrO3. The summed E-state index contributed by atoms with van der Waals surface area (Å²) in [5.41, 5.74) is 1.81. The minimum atomic E-state index is 0.673. The van der Waals surface area contributed by atoms with Crippen LogP contribution in [0.2, 0.25) is 0 Å². The molecule has 120 valence electrons. The number of rotatable bonds is 3. The molecule has 1 heterocycles. The summed E-state index contributed by atoms with van der Waals surface area (Å²) >= 11 is 3.69. The fourth-order valence-corrected chi connectivity index (χ4v) is 3.58. The summed E-state index contributed by atoms with van der Waals surface area (Å²) in [6.07, 6.45) is 0. The van der Waals surface area contributed by atoms with Gasteiger partial charge in [-0.05, 0) is 45.6 Å². The Morgan fingerprint density at radius 2 is 1.62 bits per heavy atom. The van der Waals surface area contributed by atoms with Gasteiger partial charge in [0.05, 0.1) is 18.7 Å². The molecule has 0 spiro atoms. The number of furan rings is 1. The van der Waals surface area contributed by atoms with E-state index in [1.165, 1.54) is 0 Å². The van der Waals surface area contributed by atoms with Crippen molar-refractivity contribution in [3.8, 4) is 22.8 Å². The summed E-state index contributed by atoms with van der Waals surface area (Å²) in [6, 6.07) is 18.2. The van der Waals surface area contributed by atoms with Crippen LogP contribution in [0, 0.1) is 0 Å². The second-order valence-corrected chi connectivity index (χ2v) is 6.27. The topological polar surface area (TPSA) is 31.6 Å². The summed E-state index contributed by atoms with van der Waals surface area (Å²) in [4.78, 5) is 0. The van der Waals surface area contributed by atoms with Crippen LogP contribution in [0.15, 0.2) is 63.5 Å². The van der Waals surface area contributed by atoms with E-state index in [9.17, 15) is 0 Å². The number of benzene rings is 3. The van der Waals surface area contributed by atoms with E-state index < -0.39 is 0 Å². The Labute approximate surface area is 147 Å². The zero-order chi connectivity index (χ0) is 16.7. The number of fused-ring (bicyclic) bond motifs is 3. The van der Waals surface area contributed by atoms with E-state index in [0.717, 1.165) is 37.5 Å². The quantitative estimate of drug-likeness (QED) is 0.433. The van der Waals surface area contributed by atoms with Crippen LogP contribution in [0.1, 0.15) is 0 Å². The highest BCUT2D eigenvalue weighted by molar-refractivity contribution is 9.10. The molecule has 0 amide bonds. The van der Waals surface area contributed by atoms with Gasteiger partial charge in [0, 0.05) is 16.3 Å². The smallest absolute Gasteiger partial charge is 0.161 e. The maximum absolute atomic E-state index is 6.23. The van der Waals surface area contributed by atoms with Gasteiger partial charge in [-0.25, -0.2) is 0 Å². The highest BCUT2D eigenvalue weighted by Gasteiger charge is 2.17. The minimum Gasteiger partial charge on any atom is -0.493 e. The highest BCUT2D eigenvalue weighted by Crippen LogP contribution is 2.42. The lowest BCUT2D eigenvalue weighted by Crippen LogP contribution is -1.90. The molecule has 0 aliphatic heterocycles. The number of hydrogen-bond donors (Lipinski definition) is 0. The molecule has 4 heteroatoms. The highest BCUT2D eigenvalue weighted by atomic mass is 79.9. The Hall–Kier alpha value is -2.46. The van der Waals surface area contributed by atoms with Gasteiger partial charge in [-0.15, -0.1) is 0 Å². The fourth-order valence-electron chi connectivity index (χ4n) is 2.96. The van der Waals surface area contributed by atoms with E-state index in [1.807, 2.05) is 30.3 Å². The standard InChI is InChI=1S/C20H15BrO3/c1-22-16-10-8-13(11-17(16)23-2)19-18(21)15-9-7-12-5-3-4-6-14(12)20(15)24-19/h3-11H,1-2H3. The lowest BCUT2D eigenvalue weighted by Gasteiger charge is -2.08. The lowest BCUT2D eigenvalue weighted by atomic mass is 10.1. The molecule has 4 rings (SSSR count). The van der Waals surface area contributed by atoms with Gasteiger partial charge in [0.15, 0.2) is 11.5 Å². The van der Waals surface area contributed by atoms with E-state index >= 15 is 0 Å². The van der Waals surface area contributed by atoms with Gasteiger partial charge in [-0.1, -0.05) is 30.3 Å². The molecule has 0 fully saturated rings. The molecule has 0 aliphatic rings. The summed E-state index contributed by atoms with van der Waals surface area (Å²) < 4.78 is 17.9. The molecule has 3 aromatic carbocycles. The molecule has 0 radical (unpaired) electrons. The van der Waals surface area contributed by atoms with Crippen LogP contribution in [-0.4, -0.2) is 14.2 Å². The normalized spacial score (nSPS) is 11.1. The van der Waals surface area contributed by atoms with Crippen LogP contribution in [0.5, 0.6) is 11.5 Å². The molecule has 0 unspecified atom stereocenters. The number of ether oxygens (including phenoxy) is 2. The van der Waals surface area contributed by atoms with Crippen molar-refractivity contribution in [1.29, 1.82) is 0 Å². The van der Waals surface area contributed by atoms with Crippen molar-refractivity contribution in [2.24, 2.45) is 0 Å². The Bertz CT molecular complexity index is 1050. The molecular weight excluding hydrogens is 368 g/mol. The maximum atomic E-state index is 6.23. The van der Waals surface area contributed by atoms with Crippen molar-refractivity contribution in [3.63, 3.8) is 0 Å². The average Bonchev–Trinajstić information content (AvgIpc) is 2.98. The second-order valence-electron chi connectivity index (χ2n) is 5.48. The molecule has 0 saturated heterocycles. The van der Waals surface area contributed by atoms with Crippen molar-refractivity contribution >= 4 is 37.7 Å². The third-order valence-electron chi connectivity index (χ3n) is 4.17. The summed E-state index contributed by atoms with van der Waals surface area (Å²) in [5.74, 6) is 2.15. The van der Waals surface area contributed by atoms with Crippen LogP contribution in [0.3, 0.4) is 0 Å². The van der Waals surface area contributed by atoms with Gasteiger partial charge in [0.1, 0.15) is 11.3 Å². The third kappa shape index (κ3) is 2.26. The summed E-state index contributed by atoms with van der Waals surface area (Å²) in [5, 5.41) is 3.31. The maximum Gasteiger partial charge on any atom is 0.161 e. The van der Waals surface area contributed by atoms with Gasteiger partial charge in [-0.3, -0.25) is 0 Å². The number of halogens is 1. The Morgan fingerprint density at radius 3 is 2.42 bits per heavy atom. The molecule has 0 N–H and O–H groups in total. The second kappa shape index (κ2) is 5.87. The SMILES string of the molecule is COc1ccc(-c2oc3c(ccc4ccccc43)c2Br)cc1OC. The molecule has 0 saturated carbocycles. The van der Waals surface area contributed by atoms with Gasteiger partial charge in [0.2, 0.25) is 0 Å². The third-order valence-corrected chi connectivity index (χ3v) is 4.95.